The van der Waals surface area contributed by atoms with Gasteiger partial charge >= 0.3 is 0 Å². The van der Waals surface area contributed by atoms with Crippen LogP contribution in [0.2, 0.25) is 0 Å². The summed E-state index contributed by atoms with van der Waals surface area (Å²) in [6, 6.07) is 3.79. The number of anilines is 2. The van der Waals surface area contributed by atoms with E-state index in [0.29, 0.717) is 12.2 Å². The Bertz CT molecular complexity index is 319. The lowest BCUT2D eigenvalue weighted by molar-refractivity contribution is 0.235. The summed E-state index contributed by atoms with van der Waals surface area (Å²) >= 11 is 0. The molecule has 88 valence electrons. The fraction of sp³-hybridized carbons (Fsp3) is 0.545. The fourth-order valence-corrected chi connectivity index (χ4v) is 1.90. The standard InChI is InChI=1S/C11H17FN4/c12-3-4-15-5-7-16(8-6-15)11-2-1-10(13)9-14-11/h1-2,9H,3-8,13H2. The van der Waals surface area contributed by atoms with Crippen molar-refractivity contribution in [3.05, 3.63) is 18.3 Å². The Morgan fingerprint density at radius 2 is 2.00 bits per heavy atom. The SMILES string of the molecule is Nc1ccc(N2CCN(CCF)CC2)nc1. The van der Waals surface area contributed by atoms with Gasteiger partial charge in [0.2, 0.25) is 0 Å². The highest BCUT2D eigenvalue weighted by molar-refractivity contribution is 5.46. The van der Waals surface area contributed by atoms with Gasteiger partial charge in [-0.05, 0) is 12.1 Å². The van der Waals surface area contributed by atoms with Crippen molar-refractivity contribution in [1.82, 2.24) is 9.88 Å². The molecular weight excluding hydrogens is 207 g/mol. The number of piperazine rings is 1. The van der Waals surface area contributed by atoms with Gasteiger partial charge in [0.15, 0.2) is 0 Å². The molecule has 2 N–H and O–H groups in total. The number of alkyl halides is 1. The normalized spacial score (nSPS) is 17.7. The molecule has 0 radical (unpaired) electrons. The first kappa shape index (κ1) is 11.1. The predicted molar refractivity (Wildman–Crippen MR) is 63.3 cm³/mol. The van der Waals surface area contributed by atoms with Gasteiger partial charge in [0.1, 0.15) is 12.5 Å². The summed E-state index contributed by atoms with van der Waals surface area (Å²) in [5.74, 6) is 0.953. The number of pyridine rings is 1. The van der Waals surface area contributed by atoms with Gasteiger partial charge in [-0.2, -0.15) is 0 Å². The lowest BCUT2D eigenvalue weighted by atomic mass is 10.3. The summed E-state index contributed by atoms with van der Waals surface area (Å²) in [6.07, 6.45) is 1.67. The second kappa shape index (κ2) is 5.12. The lowest BCUT2D eigenvalue weighted by Crippen LogP contribution is -2.47. The van der Waals surface area contributed by atoms with E-state index in [1.807, 2.05) is 12.1 Å². The summed E-state index contributed by atoms with van der Waals surface area (Å²) in [4.78, 5) is 8.62. The van der Waals surface area contributed by atoms with Crippen LogP contribution in [0.25, 0.3) is 0 Å². The van der Waals surface area contributed by atoms with E-state index in [9.17, 15) is 4.39 Å². The second-order valence-corrected chi connectivity index (χ2v) is 3.97. The average molecular weight is 224 g/mol. The van der Waals surface area contributed by atoms with E-state index in [1.54, 1.807) is 6.20 Å². The van der Waals surface area contributed by atoms with E-state index in [0.717, 1.165) is 32.0 Å². The molecule has 1 fully saturated rings. The number of nitrogen functional groups attached to an aromatic ring is 1. The zero-order valence-electron chi connectivity index (χ0n) is 9.27. The van der Waals surface area contributed by atoms with Crippen LogP contribution in [0, 0.1) is 0 Å². The van der Waals surface area contributed by atoms with E-state index in [1.165, 1.54) is 0 Å². The van der Waals surface area contributed by atoms with Crippen LogP contribution in [0.5, 0.6) is 0 Å². The Labute approximate surface area is 94.9 Å². The third-order valence-corrected chi connectivity index (χ3v) is 2.87. The highest BCUT2D eigenvalue weighted by atomic mass is 19.1. The highest BCUT2D eigenvalue weighted by Crippen LogP contribution is 2.14. The van der Waals surface area contributed by atoms with Crippen LogP contribution in [0.15, 0.2) is 18.3 Å². The number of nitrogens with zero attached hydrogens (tertiary/aromatic N) is 3. The molecule has 0 bridgehead atoms. The number of hydrogen-bond acceptors (Lipinski definition) is 4. The van der Waals surface area contributed by atoms with Crippen LogP contribution in [-0.4, -0.2) is 49.3 Å². The Balaban J connectivity index is 1.91. The van der Waals surface area contributed by atoms with Gasteiger partial charge in [-0.1, -0.05) is 0 Å². The molecule has 1 saturated heterocycles. The van der Waals surface area contributed by atoms with E-state index >= 15 is 0 Å². The molecule has 1 aromatic rings. The maximum Gasteiger partial charge on any atom is 0.128 e. The Morgan fingerprint density at radius 1 is 1.25 bits per heavy atom. The van der Waals surface area contributed by atoms with Crippen LogP contribution < -0.4 is 10.6 Å². The van der Waals surface area contributed by atoms with Crippen molar-refractivity contribution in [2.75, 3.05) is 50.0 Å². The molecule has 2 heterocycles. The van der Waals surface area contributed by atoms with Crippen molar-refractivity contribution >= 4 is 11.5 Å². The molecular formula is C11H17FN4. The number of rotatable bonds is 3. The fourth-order valence-electron chi connectivity index (χ4n) is 1.90. The zero-order valence-corrected chi connectivity index (χ0v) is 9.27. The first-order valence-corrected chi connectivity index (χ1v) is 5.54. The number of nitrogens with two attached hydrogens (primary N) is 1. The molecule has 1 aliphatic heterocycles. The molecule has 0 aliphatic carbocycles. The van der Waals surface area contributed by atoms with Crippen LogP contribution >= 0.6 is 0 Å². The number of hydrogen-bond donors (Lipinski definition) is 1. The summed E-state index contributed by atoms with van der Waals surface area (Å²) < 4.78 is 12.2. The molecule has 1 aromatic heterocycles. The lowest BCUT2D eigenvalue weighted by Gasteiger charge is -2.34. The molecule has 0 atom stereocenters. The topological polar surface area (TPSA) is 45.4 Å². The van der Waals surface area contributed by atoms with Crippen LogP contribution in [0.3, 0.4) is 0 Å². The molecule has 16 heavy (non-hydrogen) atoms. The maximum atomic E-state index is 12.2. The molecule has 2 rings (SSSR count). The van der Waals surface area contributed by atoms with Crippen LogP contribution in [0.4, 0.5) is 15.9 Å². The van der Waals surface area contributed by atoms with Crippen molar-refractivity contribution in [2.24, 2.45) is 0 Å². The summed E-state index contributed by atoms with van der Waals surface area (Å²) in [6.45, 7) is 3.88. The van der Waals surface area contributed by atoms with Crippen molar-refractivity contribution in [2.45, 2.75) is 0 Å². The monoisotopic (exact) mass is 224 g/mol. The molecule has 4 nitrogen and oxygen atoms in total. The van der Waals surface area contributed by atoms with Gasteiger partial charge < -0.3 is 10.6 Å². The van der Waals surface area contributed by atoms with Gasteiger partial charge in [0, 0.05) is 32.7 Å². The molecule has 5 heteroatoms. The predicted octanol–water partition coefficient (Wildman–Crippen LogP) is 0.755. The number of aromatic nitrogens is 1. The van der Waals surface area contributed by atoms with Gasteiger partial charge in [-0.3, -0.25) is 4.90 Å². The molecule has 0 amide bonds. The first-order chi connectivity index (χ1) is 7.79. The Hall–Kier alpha value is -1.36. The van der Waals surface area contributed by atoms with Crippen molar-refractivity contribution in [1.29, 1.82) is 0 Å². The van der Waals surface area contributed by atoms with E-state index in [2.05, 4.69) is 14.8 Å². The number of halogens is 1. The smallest absolute Gasteiger partial charge is 0.128 e. The minimum atomic E-state index is -0.264. The third kappa shape index (κ3) is 2.61. The van der Waals surface area contributed by atoms with E-state index in [-0.39, 0.29) is 6.67 Å². The Morgan fingerprint density at radius 3 is 2.56 bits per heavy atom. The molecule has 0 unspecified atom stereocenters. The maximum absolute atomic E-state index is 12.2. The van der Waals surface area contributed by atoms with E-state index < -0.39 is 0 Å². The van der Waals surface area contributed by atoms with Gasteiger partial charge in [0.25, 0.3) is 0 Å². The van der Waals surface area contributed by atoms with Gasteiger partial charge in [-0.15, -0.1) is 0 Å². The van der Waals surface area contributed by atoms with Crippen LogP contribution in [-0.2, 0) is 0 Å². The van der Waals surface area contributed by atoms with Gasteiger partial charge in [-0.25, -0.2) is 9.37 Å². The summed E-state index contributed by atoms with van der Waals surface area (Å²) in [5, 5.41) is 0. The third-order valence-electron chi connectivity index (χ3n) is 2.87. The average Bonchev–Trinajstić information content (AvgIpc) is 2.32. The minimum absolute atomic E-state index is 0.264. The minimum Gasteiger partial charge on any atom is -0.397 e. The quantitative estimate of drug-likeness (QED) is 0.823. The van der Waals surface area contributed by atoms with Crippen molar-refractivity contribution in [3.63, 3.8) is 0 Å². The molecule has 0 saturated carbocycles. The zero-order chi connectivity index (χ0) is 11.4. The molecule has 1 aliphatic rings. The first-order valence-electron chi connectivity index (χ1n) is 5.54. The van der Waals surface area contributed by atoms with Gasteiger partial charge in [0.05, 0.1) is 11.9 Å². The molecule has 0 spiro atoms. The van der Waals surface area contributed by atoms with E-state index in [4.69, 9.17) is 5.73 Å². The van der Waals surface area contributed by atoms with Crippen LogP contribution in [0.1, 0.15) is 0 Å². The summed E-state index contributed by atoms with van der Waals surface area (Å²) in [7, 11) is 0. The highest BCUT2D eigenvalue weighted by Gasteiger charge is 2.17. The largest absolute Gasteiger partial charge is 0.397 e. The Kier molecular flexibility index (Phi) is 3.56. The second-order valence-electron chi connectivity index (χ2n) is 3.97. The molecule has 0 aromatic carbocycles. The summed E-state index contributed by atoms with van der Waals surface area (Å²) in [5.41, 5.74) is 6.27. The van der Waals surface area contributed by atoms with Crippen molar-refractivity contribution < 1.29 is 4.39 Å². The van der Waals surface area contributed by atoms with Crippen molar-refractivity contribution in [3.8, 4) is 0 Å².